The topological polar surface area (TPSA) is 41.1 Å². The first-order valence-corrected chi connectivity index (χ1v) is 6.27. The van der Waals surface area contributed by atoms with Crippen LogP contribution in [0.3, 0.4) is 0 Å². The maximum absolute atomic E-state index is 12.0. The van der Waals surface area contributed by atoms with Gasteiger partial charge in [-0.2, -0.15) is 0 Å². The molecule has 1 aromatic carbocycles. The minimum atomic E-state index is 0.0162. The van der Waals surface area contributed by atoms with E-state index in [0.29, 0.717) is 5.92 Å². The molecule has 1 amide bonds. The van der Waals surface area contributed by atoms with Crippen LogP contribution in [0.5, 0.6) is 0 Å². The Hall–Kier alpha value is -1.51. The van der Waals surface area contributed by atoms with E-state index >= 15 is 0 Å². The number of amides is 1. The molecule has 17 heavy (non-hydrogen) atoms. The third-order valence-corrected chi connectivity index (χ3v) is 3.45. The summed E-state index contributed by atoms with van der Waals surface area (Å²) < 4.78 is 0. The van der Waals surface area contributed by atoms with E-state index in [0.717, 1.165) is 23.7 Å². The van der Waals surface area contributed by atoms with Crippen molar-refractivity contribution in [2.45, 2.75) is 19.8 Å². The van der Waals surface area contributed by atoms with E-state index in [-0.39, 0.29) is 5.91 Å². The zero-order valence-corrected chi connectivity index (χ0v) is 10.5. The molecule has 0 bridgehead atoms. The van der Waals surface area contributed by atoms with Crippen LogP contribution in [0.2, 0.25) is 0 Å². The van der Waals surface area contributed by atoms with Crippen LogP contribution in [0.25, 0.3) is 0 Å². The Morgan fingerprint density at radius 1 is 1.41 bits per heavy atom. The van der Waals surface area contributed by atoms with Crippen molar-refractivity contribution in [3.8, 4) is 0 Å². The Bertz CT molecular complexity index is 399. The minimum absolute atomic E-state index is 0.0162. The van der Waals surface area contributed by atoms with Crippen LogP contribution >= 0.6 is 0 Å². The fourth-order valence-corrected chi connectivity index (χ4v) is 2.08. The largest absolute Gasteiger partial charge is 0.387 e. The minimum Gasteiger partial charge on any atom is -0.387 e. The Morgan fingerprint density at radius 2 is 2.12 bits per heavy atom. The summed E-state index contributed by atoms with van der Waals surface area (Å²) in [6.45, 7) is 2.99. The predicted molar refractivity (Wildman–Crippen MR) is 70.2 cm³/mol. The van der Waals surface area contributed by atoms with Gasteiger partial charge in [0.1, 0.15) is 0 Å². The third-order valence-electron chi connectivity index (χ3n) is 3.45. The summed E-state index contributed by atoms with van der Waals surface area (Å²) in [5.41, 5.74) is 1.60. The van der Waals surface area contributed by atoms with E-state index in [1.54, 1.807) is 0 Å². The van der Waals surface area contributed by atoms with Gasteiger partial charge in [-0.1, -0.05) is 19.1 Å². The van der Waals surface area contributed by atoms with Crippen molar-refractivity contribution in [1.82, 2.24) is 5.32 Å². The summed E-state index contributed by atoms with van der Waals surface area (Å²) in [5.74, 6) is 1.44. The van der Waals surface area contributed by atoms with Gasteiger partial charge in [0.25, 0.3) is 5.91 Å². The van der Waals surface area contributed by atoms with Crippen molar-refractivity contribution >= 4 is 11.6 Å². The number of rotatable bonds is 5. The number of hydrogen-bond acceptors (Lipinski definition) is 2. The first-order valence-electron chi connectivity index (χ1n) is 6.27. The molecule has 2 rings (SSSR count). The van der Waals surface area contributed by atoms with E-state index in [1.807, 2.05) is 31.3 Å². The Balaban J connectivity index is 1.94. The lowest BCUT2D eigenvalue weighted by molar-refractivity contribution is 0.0947. The molecule has 2 N–H and O–H groups in total. The number of para-hydroxylation sites is 1. The average molecular weight is 232 g/mol. The molecule has 1 atom stereocenters. The number of nitrogens with one attached hydrogen (secondary N) is 2. The fraction of sp³-hybridized carbons (Fsp3) is 0.500. The lowest BCUT2D eigenvalue weighted by Crippen LogP contribution is -2.29. The molecule has 3 nitrogen and oxygen atoms in total. The van der Waals surface area contributed by atoms with Crippen LogP contribution in [-0.2, 0) is 0 Å². The van der Waals surface area contributed by atoms with Crippen molar-refractivity contribution in [2.75, 3.05) is 18.9 Å². The van der Waals surface area contributed by atoms with Gasteiger partial charge in [0.2, 0.25) is 0 Å². The average Bonchev–Trinajstić information content (AvgIpc) is 3.19. The van der Waals surface area contributed by atoms with Gasteiger partial charge < -0.3 is 10.6 Å². The molecule has 1 aliphatic rings. The molecule has 1 fully saturated rings. The number of benzene rings is 1. The summed E-state index contributed by atoms with van der Waals surface area (Å²) in [6.07, 6.45) is 2.65. The summed E-state index contributed by atoms with van der Waals surface area (Å²) in [4.78, 5) is 12.0. The smallest absolute Gasteiger partial charge is 0.253 e. The zero-order valence-electron chi connectivity index (χ0n) is 10.5. The quantitative estimate of drug-likeness (QED) is 0.819. The standard InChI is InChI=1S/C14H20N2O/c1-10(11-7-8-11)9-16-14(17)12-5-3-4-6-13(12)15-2/h3-6,10-11,15H,7-9H2,1-2H3,(H,16,17). The highest BCUT2D eigenvalue weighted by atomic mass is 16.1. The molecule has 3 heteroatoms. The molecule has 0 radical (unpaired) electrons. The SMILES string of the molecule is CNc1ccccc1C(=O)NCC(C)C1CC1. The van der Waals surface area contributed by atoms with E-state index in [1.165, 1.54) is 12.8 Å². The summed E-state index contributed by atoms with van der Waals surface area (Å²) >= 11 is 0. The van der Waals surface area contributed by atoms with Crippen molar-refractivity contribution in [2.24, 2.45) is 11.8 Å². The van der Waals surface area contributed by atoms with E-state index in [9.17, 15) is 4.79 Å². The molecule has 0 aliphatic heterocycles. The van der Waals surface area contributed by atoms with Crippen molar-refractivity contribution in [1.29, 1.82) is 0 Å². The molecule has 1 saturated carbocycles. The van der Waals surface area contributed by atoms with E-state index in [4.69, 9.17) is 0 Å². The highest BCUT2D eigenvalue weighted by Gasteiger charge is 2.28. The second kappa shape index (κ2) is 5.21. The second-order valence-electron chi connectivity index (χ2n) is 4.82. The molecule has 92 valence electrons. The number of carbonyl (C=O) groups excluding carboxylic acids is 1. The van der Waals surface area contributed by atoms with Crippen LogP contribution in [0.1, 0.15) is 30.1 Å². The van der Waals surface area contributed by atoms with Gasteiger partial charge in [-0.3, -0.25) is 4.79 Å². The van der Waals surface area contributed by atoms with Crippen LogP contribution in [0.15, 0.2) is 24.3 Å². The highest BCUT2D eigenvalue weighted by molar-refractivity contribution is 5.99. The van der Waals surface area contributed by atoms with Gasteiger partial charge in [0.05, 0.1) is 5.56 Å². The summed E-state index contributed by atoms with van der Waals surface area (Å²) in [7, 11) is 1.83. The number of carbonyl (C=O) groups is 1. The number of hydrogen-bond donors (Lipinski definition) is 2. The Morgan fingerprint density at radius 3 is 2.76 bits per heavy atom. The van der Waals surface area contributed by atoms with Crippen LogP contribution < -0.4 is 10.6 Å². The first-order chi connectivity index (χ1) is 8.22. The molecule has 0 saturated heterocycles. The van der Waals surface area contributed by atoms with Crippen molar-refractivity contribution < 1.29 is 4.79 Å². The normalized spacial score (nSPS) is 16.4. The van der Waals surface area contributed by atoms with Gasteiger partial charge in [-0.05, 0) is 36.8 Å². The highest BCUT2D eigenvalue weighted by Crippen LogP contribution is 2.36. The van der Waals surface area contributed by atoms with Crippen molar-refractivity contribution in [3.05, 3.63) is 29.8 Å². The van der Waals surface area contributed by atoms with Gasteiger partial charge in [0, 0.05) is 19.3 Å². The lowest BCUT2D eigenvalue weighted by atomic mass is 10.1. The Kier molecular flexibility index (Phi) is 3.67. The van der Waals surface area contributed by atoms with Gasteiger partial charge in [-0.25, -0.2) is 0 Å². The van der Waals surface area contributed by atoms with Crippen molar-refractivity contribution in [3.63, 3.8) is 0 Å². The summed E-state index contributed by atoms with van der Waals surface area (Å²) in [5, 5.41) is 6.05. The lowest BCUT2D eigenvalue weighted by Gasteiger charge is -2.13. The molecular weight excluding hydrogens is 212 g/mol. The van der Waals surface area contributed by atoms with Gasteiger partial charge in [-0.15, -0.1) is 0 Å². The predicted octanol–water partition coefficient (Wildman–Crippen LogP) is 2.50. The fourth-order valence-electron chi connectivity index (χ4n) is 2.08. The van der Waals surface area contributed by atoms with Gasteiger partial charge >= 0.3 is 0 Å². The van der Waals surface area contributed by atoms with Crippen LogP contribution in [0.4, 0.5) is 5.69 Å². The molecule has 0 heterocycles. The maximum atomic E-state index is 12.0. The molecule has 0 spiro atoms. The molecule has 1 aliphatic carbocycles. The molecule has 1 unspecified atom stereocenters. The molecule has 0 aromatic heterocycles. The second-order valence-corrected chi connectivity index (χ2v) is 4.82. The number of anilines is 1. The third kappa shape index (κ3) is 2.99. The summed E-state index contributed by atoms with van der Waals surface area (Å²) in [6, 6.07) is 7.58. The monoisotopic (exact) mass is 232 g/mol. The van der Waals surface area contributed by atoms with Gasteiger partial charge in [0.15, 0.2) is 0 Å². The zero-order chi connectivity index (χ0) is 12.3. The first kappa shape index (κ1) is 12.0. The Labute approximate surface area is 103 Å². The van der Waals surface area contributed by atoms with E-state index < -0.39 is 0 Å². The van der Waals surface area contributed by atoms with E-state index in [2.05, 4.69) is 17.6 Å². The molecular formula is C14H20N2O. The van der Waals surface area contributed by atoms with Crippen LogP contribution in [-0.4, -0.2) is 19.5 Å². The maximum Gasteiger partial charge on any atom is 0.253 e. The molecule has 1 aromatic rings. The van der Waals surface area contributed by atoms with Crippen LogP contribution in [0, 0.1) is 11.8 Å².